The lowest BCUT2D eigenvalue weighted by Gasteiger charge is -2.11. The number of nitrogens with zero attached hydrogens (tertiary/aromatic N) is 1. The number of rotatable bonds is 7. The lowest BCUT2D eigenvalue weighted by atomic mass is 10.1. The molecular weight excluding hydrogens is 374 g/mol. The quantitative estimate of drug-likeness (QED) is 0.597. The van der Waals surface area contributed by atoms with Crippen LogP contribution in [0.5, 0.6) is 0 Å². The first kappa shape index (κ1) is 19.8. The molecule has 2 N–H and O–H groups in total. The summed E-state index contributed by atoms with van der Waals surface area (Å²) in [4.78, 5) is 40.9. The molecule has 0 saturated heterocycles. The smallest absolute Gasteiger partial charge is 0.340 e. The highest BCUT2D eigenvalue weighted by molar-refractivity contribution is 6.08. The molecule has 8 nitrogen and oxygen atoms in total. The number of hydrogen-bond acceptors (Lipinski definition) is 6. The fraction of sp³-hybridized carbons (Fsp3) is 0.143. The van der Waals surface area contributed by atoms with Crippen LogP contribution in [0, 0.1) is 0 Å². The lowest BCUT2D eigenvalue weighted by Crippen LogP contribution is -2.23. The molecule has 0 spiro atoms. The first-order valence-electron chi connectivity index (χ1n) is 8.91. The standard InChI is InChI=1S/C21H19N3O5/c1-2-28-21(27)17-7-3-4-8-18(17)24-20(26)15-10-14(11-22-12-15)19(25)23-13-16-6-5-9-29-16/h3-12H,2,13H2,1H3,(H,23,25)(H,24,26). The van der Waals surface area contributed by atoms with Crippen molar-refractivity contribution in [1.82, 2.24) is 10.3 Å². The monoisotopic (exact) mass is 393 g/mol. The van der Waals surface area contributed by atoms with Crippen LogP contribution in [-0.2, 0) is 11.3 Å². The summed E-state index contributed by atoms with van der Waals surface area (Å²) in [6.45, 7) is 2.14. The second-order valence-corrected chi connectivity index (χ2v) is 5.94. The third kappa shape index (κ3) is 5.07. The summed E-state index contributed by atoms with van der Waals surface area (Å²) >= 11 is 0. The van der Waals surface area contributed by atoms with Crippen LogP contribution in [-0.4, -0.2) is 29.4 Å². The van der Waals surface area contributed by atoms with Gasteiger partial charge in [-0.15, -0.1) is 0 Å². The number of carbonyl (C=O) groups excluding carboxylic acids is 3. The van der Waals surface area contributed by atoms with Gasteiger partial charge in [0.1, 0.15) is 5.76 Å². The number of para-hydroxylation sites is 1. The van der Waals surface area contributed by atoms with Gasteiger partial charge in [-0.25, -0.2) is 4.79 Å². The number of carbonyl (C=O) groups is 3. The lowest BCUT2D eigenvalue weighted by molar-refractivity contribution is 0.0527. The molecule has 29 heavy (non-hydrogen) atoms. The summed E-state index contributed by atoms with van der Waals surface area (Å²) in [7, 11) is 0. The first-order valence-corrected chi connectivity index (χ1v) is 8.91. The van der Waals surface area contributed by atoms with Crippen LogP contribution >= 0.6 is 0 Å². The van der Waals surface area contributed by atoms with Gasteiger partial charge >= 0.3 is 5.97 Å². The van der Waals surface area contributed by atoms with E-state index in [9.17, 15) is 14.4 Å². The summed E-state index contributed by atoms with van der Waals surface area (Å²) in [5.41, 5.74) is 0.948. The van der Waals surface area contributed by atoms with Gasteiger partial charge in [0.15, 0.2) is 0 Å². The molecule has 0 saturated carbocycles. The number of amides is 2. The van der Waals surface area contributed by atoms with Gasteiger partial charge in [-0.05, 0) is 37.3 Å². The molecule has 2 amide bonds. The fourth-order valence-electron chi connectivity index (χ4n) is 2.54. The van der Waals surface area contributed by atoms with E-state index < -0.39 is 17.8 Å². The number of benzene rings is 1. The van der Waals surface area contributed by atoms with Gasteiger partial charge in [-0.1, -0.05) is 12.1 Å². The van der Waals surface area contributed by atoms with Gasteiger partial charge in [-0.3, -0.25) is 14.6 Å². The minimum atomic E-state index is -0.535. The highest BCUT2D eigenvalue weighted by atomic mass is 16.5. The van der Waals surface area contributed by atoms with Crippen molar-refractivity contribution in [2.45, 2.75) is 13.5 Å². The van der Waals surface area contributed by atoms with Crippen molar-refractivity contribution in [3.63, 3.8) is 0 Å². The van der Waals surface area contributed by atoms with E-state index >= 15 is 0 Å². The molecule has 3 rings (SSSR count). The van der Waals surface area contributed by atoms with E-state index in [-0.39, 0.29) is 29.8 Å². The molecule has 0 aliphatic heterocycles. The van der Waals surface area contributed by atoms with Gasteiger partial charge in [0.25, 0.3) is 11.8 Å². The number of pyridine rings is 1. The van der Waals surface area contributed by atoms with E-state index in [2.05, 4.69) is 15.6 Å². The summed E-state index contributed by atoms with van der Waals surface area (Å²) in [6.07, 6.45) is 4.22. The number of furan rings is 1. The van der Waals surface area contributed by atoms with Gasteiger partial charge in [0.2, 0.25) is 0 Å². The normalized spacial score (nSPS) is 10.2. The summed E-state index contributed by atoms with van der Waals surface area (Å²) in [6, 6.07) is 11.4. The number of aromatic nitrogens is 1. The predicted octanol–water partition coefficient (Wildman–Crippen LogP) is 3.03. The summed E-state index contributed by atoms with van der Waals surface area (Å²) in [5.74, 6) is -0.825. The molecule has 0 aliphatic carbocycles. The van der Waals surface area contributed by atoms with Gasteiger partial charge in [0.05, 0.1) is 41.8 Å². The van der Waals surface area contributed by atoms with E-state index in [1.165, 1.54) is 24.7 Å². The van der Waals surface area contributed by atoms with E-state index in [4.69, 9.17) is 9.15 Å². The number of esters is 1. The maximum absolute atomic E-state index is 12.6. The highest BCUT2D eigenvalue weighted by Gasteiger charge is 2.16. The molecule has 0 unspecified atom stereocenters. The minimum absolute atomic E-state index is 0.175. The van der Waals surface area contributed by atoms with Crippen molar-refractivity contribution in [2.24, 2.45) is 0 Å². The number of anilines is 1. The van der Waals surface area contributed by atoms with Crippen LogP contribution in [0.2, 0.25) is 0 Å². The summed E-state index contributed by atoms with van der Waals surface area (Å²) in [5, 5.41) is 5.35. The molecule has 1 aromatic carbocycles. The fourth-order valence-corrected chi connectivity index (χ4v) is 2.54. The van der Waals surface area contributed by atoms with Gasteiger partial charge in [0, 0.05) is 12.4 Å². The van der Waals surface area contributed by atoms with E-state index in [1.54, 1.807) is 43.3 Å². The Kier molecular flexibility index (Phi) is 6.36. The van der Waals surface area contributed by atoms with Crippen LogP contribution in [0.4, 0.5) is 5.69 Å². The molecule has 8 heteroatoms. The van der Waals surface area contributed by atoms with Crippen LogP contribution in [0.25, 0.3) is 0 Å². The molecule has 0 fully saturated rings. The number of hydrogen-bond donors (Lipinski definition) is 2. The van der Waals surface area contributed by atoms with Crippen molar-refractivity contribution in [3.8, 4) is 0 Å². The molecule has 0 aliphatic rings. The van der Waals surface area contributed by atoms with E-state index in [0.29, 0.717) is 11.4 Å². The average molecular weight is 393 g/mol. The maximum atomic E-state index is 12.6. The molecule has 0 radical (unpaired) electrons. The zero-order valence-corrected chi connectivity index (χ0v) is 15.7. The topological polar surface area (TPSA) is 111 Å². The first-order chi connectivity index (χ1) is 14.1. The second kappa shape index (κ2) is 9.32. The average Bonchev–Trinajstić information content (AvgIpc) is 3.26. The minimum Gasteiger partial charge on any atom is -0.467 e. The van der Waals surface area contributed by atoms with Crippen molar-refractivity contribution < 1.29 is 23.5 Å². The predicted molar refractivity (Wildman–Crippen MR) is 104 cm³/mol. The maximum Gasteiger partial charge on any atom is 0.340 e. The van der Waals surface area contributed by atoms with Crippen LogP contribution in [0.1, 0.15) is 43.8 Å². The Bertz CT molecular complexity index is 1010. The molecule has 148 valence electrons. The van der Waals surface area contributed by atoms with E-state index in [0.717, 1.165) is 0 Å². The largest absolute Gasteiger partial charge is 0.467 e. The number of nitrogens with one attached hydrogen (secondary N) is 2. The molecule has 0 bridgehead atoms. The Labute approximate surface area is 166 Å². The number of ether oxygens (including phenoxy) is 1. The Hall–Kier alpha value is -3.94. The zero-order valence-electron chi connectivity index (χ0n) is 15.7. The Morgan fingerprint density at radius 2 is 1.79 bits per heavy atom. The Morgan fingerprint density at radius 1 is 1.03 bits per heavy atom. The molecule has 2 heterocycles. The molecular formula is C21H19N3O5. The van der Waals surface area contributed by atoms with E-state index in [1.807, 2.05) is 0 Å². The van der Waals surface area contributed by atoms with Crippen LogP contribution in [0.3, 0.4) is 0 Å². The van der Waals surface area contributed by atoms with Crippen LogP contribution < -0.4 is 10.6 Å². The third-order valence-electron chi connectivity index (χ3n) is 3.94. The van der Waals surface area contributed by atoms with Crippen molar-refractivity contribution >= 4 is 23.5 Å². The molecule has 3 aromatic rings. The zero-order chi connectivity index (χ0) is 20.6. The van der Waals surface area contributed by atoms with Crippen molar-refractivity contribution in [3.05, 3.63) is 83.6 Å². The molecule has 2 aromatic heterocycles. The van der Waals surface area contributed by atoms with Crippen molar-refractivity contribution in [2.75, 3.05) is 11.9 Å². The van der Waals surface area contributed by atoms with Crippen LogP contribution in [0.15, 0.2) is 65.5 Å². The second-order valence-electron chi connectivity index (χ2n) is 5.94. The third-order valence-corrected chi connectivity index (χ3v) is 3.94. The van der Waals surface area contributed by atoms with Gasteiger partial charge in [-0.2, -0.15) is 0 Å². The highest BCUT2D eigenvalue weighted by Crippen LogP contribution is 2.17. The molecule has 0 atom stereocenters. The summed E-state index contributed by atoms with van der Waals surface area (Å²) < 4.78 is 10.2. The Morgan fingerprint density at radius 3 is 2.52 bits per heavy atom. The van der Waals surface area contributed by atoms with Gasteiger partial charge < -0.3 is 19.8 Å². The Balaban J connectivity index is 1.71. The van der Waals surface area contributed by atoms with Crippen molar-refractivity contribution in [1.29, 1.82) is 0 Å². The SMILES string of the molecule is CCOC(=O)c1ccccc1NC(=O)c1cncc(C(=O)NCc2ccco2)c1.